The Labute approximate surface area is 224 Å². The van der Waals surface area contributed by atoms with E-state index in [-0.39, 0.29) is 11.5 Å². The first-order valence-electron chi connectivity index (χ1n) is 12.5. The number of likely N-dealkylation sites (N-methyl/N-ethyl adjacent to an activating group) is 1. The summed E-state index contributed by atoms with van der Waals surface area (Å²) in [5, 5.41) is 1.69. The number of nitrogens with zero attached hydrogens (tertiary/aromatic N) is 4. The molecule has 4 aromatic rings. The van der Waals surface area contributed by atoms with Gasteiger partial charge in [-0.05, 0) is 57.5 Å². The van der Waals surface area contributed by atoms with Crippen LogP contribution in [0, 0.1) is 0 Å². The molecule has 1 atom stereocenters. The summed E-state index contributed by atoms with van der Waals surface area (Å²) in [6.07, 6.45) is 4.03. The maximum atomic E-state index is 14.0. The lowest BCUT2D eigenvalue weighted by atomic mass is 9.94. The fraction of sp³-hybridized carbons (Fsp3) is 0.276. The third-order valence-corrected chi connectivity index (χ3v) is 8.17. The number of allylic oxidation sites excluding steroid dienone is 1. The van der Waals surface area contributed by atoms with Crippen molar-refractivity contribution in [3.63, 3.8) is 0 Å². The van der Waals surface area contributed by atoms with Gasteiger partial charge < -0.3 is 9.47 Å². The molecule has 2 aromatic carbocycles. The number of para-hydroxylation sites is 1. The van der Waals surface area contributed by atoms with Gasteiger partial charge in [0.25, 0.3) is 11.5 Å². The van der Waals surface area contributed by atoms with E-state index < -0.39 is 6.04 Å². The van der Waals surface area contributed by atoms with Gasteiger partial charge in [-0.3, -0.25) is 14.2 Å². The van der Waals surface area contributed by atoms with Crippen LogP contribution in [0.1, 0.15) is 44.9 Å². The number of aryl methyl sites for hydroxylation is 1. The quantitative estimate of drug-likeness (QED) is 0.360. The topological polar surface area (TPSA) is 59.6 Å². The van der Waals surface area contributed by atoms with Crippen LogP contribution in [0.2, 0.25) is 5.02 Å². The highest BCUT2D eigenvalue weighted by molar-refractivity contribution is 7.07. The molecule has 0 N–H and O–H groups in total. The normalized spacial score (nSPS) is 15.7. The zero-order valence-corrected chi connectivity index (χ0v) is 22.9. The Morgan fingerprint density at radius 1 is 1.11 bits per heavy atom. The molecular formula is C29H29ClN4O2S. The Morgan fingerprint density at radius 3 is 2.49 bits per heavy atom. The van der Waals surface area contributed by atoms with Crippen molar-refractivity contribution in [3.05, 3.63) is 102 Å². The Bertz CT molecular complexity index is 1710. The number of amides is 1. The third kappa shape index (κ3) is 4.36. The van der Waals surface area contributed by atoms with Crippen LogP contribution in [-0.4, -0.2) is 33.0 Å². The molecule has 0 saturated heterocycles. The van der Waals surface area contributed by atoms with Crippen LogP contribution in [0.3, 0.4) is 0 Å². The first kappa shape index (κ1) is 25.2. The molecule has 6 nitrogen and oxygen atoms in total. The monoisotopic (exact) mass is 532 g/mol. The highest BCUT2D eigenvalue weighted by atomic mass is 35.5. The second kappa shape index (κ2) is 10.1. The summed E-state index contributed by atoms with van der Waals surface area (Å²) in [5.41, 5.74) is 3.94. The van der Waals surface area contributed by atoms with E-state index in [0.29, 0.717) is 38.7 Å². The molecule has 1 aliphatic heterocycles. The Hall–Kier alpha value is -3.42. The molecule has 8 heteroatoms. The molecule has 0 fully saturated rings. The minimum Gasteiger partial charge on any atom is -0.347 e. The van der Waals surface area contributed by atoms with Gasteiger partial charge in [-0.1, -0.05) is 53.3 Å². The molecular weight excluding hydrogens is 504 g/mol. The number of hydrogen-bond donors (Lipinski definition) is 0. The van der Waals surface area contributed by atoms with Gasteiger partial charge >= 0.3 is 0 Å². The van der Waals surface area contributed by atoms with Gasteiger partial charge in [0.1, 0.15) is 0 Å². The lowest BCUT2D eigenvalue weighted by Gasteiger charge is -2.29. The van der Waals surface area contributed by atoms with Crippen molar-refractivity contribution in [1.29, 1.82) is 0 Å². The predicted molar refractivity (Wildman–Crippen MR) is 151 cm³/mol. The summed E-state index contributed by atoms with van der Waals surface area (Å²) in [6, 6.07) is 15.0. The van der Waals surface area contributed by atoms with E-state index in [1.165, 1.54) is 11.3 Å². The molecule has 0 aliphatic carbocycles. The number of halogens is 1. The van der Waals surface area contributed by atoms with Crippen LogP contribution in [0.15, 0.2) is 75.8 Å². The molecule has 37 heavy (non-hydrogen) atoms. The smallest absolute Gasteiger partial charge is 0.271 e. The highest BCUT2D eigenvalue weighted by Crippen LogP contribution is 2.32. The van der Waals surface area contributed by atoms with E-state index in [0.717, 1.165) is 28.6 Å². The molecule has 0 bridgehead atoms. The molecule has 2 aromatic heterocycles. The second-order valence-electron chi connectivity index (χ2n) is 9.00. The molecule has 190 valence electrons. The van der Waals surface area contributed by atoms with E-state index in [4.69, 9.17) is 16.6 Å². The molecule has 3 heterocycles. The van der Waals surface area contributed by atoms with Gasteiger partial charge in [0, 0.05) is 47.3 Å². The summed E-state index contributed by atoms with van der Waals surface area (Å²) in [7, 11) is 0. The number of aromatic nitrogens is 2. The first-order chi connectivity index (χ1) is 17.9. The number of benzene rings is 2. The average Bonchev–Trinajstić information content (AvgIpc) is 3.41. The second-order valence-corrected chi connectivity index (χ2v) is 10.4. The minimum absolute atomic E-state index is 0.105. The molecule has 0 unspecified atom stereocenters. The number of rotatable bonds is 6. The van der Waals surface area contributed by atoms with Crippen LogP contribution in [0.5, 0.6) is 0 Å². The Kier molecular flexibility index (Phi) is 6.92. The van der Waals surface area contributed by atoms with Crippen LogP contribution < -0.4 is 14.9 Å². The highest BCUT2D eigenvalue weighted by Gasteiger charge is 2.34. The molecule has 1 aliphatic rings. The molecule has 0 radical (unpaired) electrons. The fourth-order valence-corrected chi connectivity index (χ4v) is 6.19. The van der Waals surface area contributed by atoms with Crippen molar-refractivity contribution >= 4 is 45.8 Å². The van der Waals surface area contributed by atoms with E-state index in [2.05, 4.69) is 29.8 Å². The molecule has 0 saturated carbocycles. The van der Waals surface area contributed by atoms with Crippen molar-refractivity contribution in [3.8, 4) is 0 Å². The summed E-state index contributed by atoms with van der Waals surface area (Å²) >= 11 is 7.54. The molecule has 1 amide bonds. The summed E-state index contributed by atoms with van der Waals surface area (Å²) in [5.74, 6) is -0.105. The van der Waals surface area contributed by atoms with Crippen molar-refractivity contribution < 1.29 is 4.79 Å². The van der Waals surface area contributed by atoms with Gasteiger partial charge in [-0.15, -0.1) is 0 Å². The summed E-state index contributed by atoms with van der Waals surface area (Å²) in [6.45, 7) is 9.85. The minimum atomic E-state index is -0.583. The van der Waals surface area contributed by atoms with Crippen molar-refractivity contribution in [2.75, 3.05) is 13.1 Å². The van der Waals surface area contributed by atoms with Crippen LogP contribution in [0.4, 0.5) is 0 Å². The summed E-state index contributed by atoms with van der Waals surface area (Å²) < 4.78 is 4.43. The maximum absolute atomic E-state index is 14.0. The van der Waals surface area contributed by atoms with Gasteiger partial charge in [-0.25, -0.2) is 4.99 Å². The largest absolute Gasteiger partial charge is 0.347 e. The van der Waals surface area contributed by atoms with Gasteiger partial charge in [0.15, 0.2) is 4.80 Å². The van der Waals surface area contributed by atoms with Crippen LogP contribution >= 0.6 is 22.9 Å². The third-order valence-electron chi connectivity index (χ3n) is 6.94. The number of hydrogen-bond acceptors (Lipinski definition) is 4. The lowest BCUT2D eigenvalue weighted by molar-refractivity contribution is -0.127. The van der Waals surface area contributed by atoms with Gasteiger partial charge in [-0.2, -0.15) is 0 Å². The zero-order chi connectivity index (χ0) is 26.3. The van der Waals surface area contributed by atoms with E-state index in [1.807, 2.05) is 51.1 Å². The van der Waals surface area contributed by atoms with E-state index >= 15 is 0 Å². The standard InChI is InChI=1S/C29H29ClN4O2S/c1-5-32(6-2)28(36)25-18(4)31-29-34(26(25)19-12-14-21(30)15-13-19)27(35)24(37-29)16-20-17-33(7-3)23-11-9-8-10-22(20)23/h8-17,26H,5-7H2,1-4H3/b24-16+/t26-/m1/s1. The Balaban J connectivity index is 1.75. The van der Waals surface area contributed by atoms with Crippen molar-refractivity contribution in [1.82, 2.24) is 14.0 Å². The fourth-order valence-electron chi connectivity index (χ4n) is 5.03. The van der Waals surface area contributed by atoms with Gasteiger partial charge in [0.2, 0.25) is 0 Å². The first-order valence-corrected chi connectivity index (χ1v) is 13.7. The summed E-state index contributed by atoms with van der Waals surface area (Å²) in [4.78, 5) is 34.8. The number of carbonyl (C=O) groups excluding carboxylic acids is 1. The van der Waals surface area contributed by atoms with Crippen molar-refractivity contribution in [2.45, 2.75) is 40.3 Å². The van der Waals surface area contributed by atoms with E-state index in [9.17, 15) is 9.59 Å². The Morgan fingerprint density at radius 2 is 1.81 bits per heavy atom. The van der Waals surface area contributed by atoms with Crippen molar-refractivity contribution in [2.24, 2.45) is 4.99 Å². The van der Waals surface area contributed by atoms with Gasteiger partial charge in [0.05, 0.1) is 21.8 Å². The SMILES string of the molecule is CCN(CC)C(=O)C1=C(C)N=c2s/c(=C/c3cn(CC)c4ccccc34)c(=O)n2[C@@H]1c1ccc(Cl)cc1. The zero-order valence-electron chi connectivity index (χ0n) is 21.4. The average molecular weight is 533 g/mol. The van der Waals surface area contributed by atoms with Crippen LogP contribution in [-0.2, 0) is 11.3 Å². The lowest BCUT2D eigenvalue weighted by Crippen LogP contribution is -2.43. The van der Waals surface area contributed by atoms with Crippen LogP contribution in [0.25, 0.3) is 17.0 Å². The predicted octanol–water partition coefficient (Wildman–Crippen LogP) is 4.73. The number of carbonyl (C=O) groups is 1. The maximum Gasteiger partial charge on any atom is 0.271 e. The van der Waals surface area contributed by atoms with E-state index in [1.54, 1.807) is 21.6 Å². The molecule has 0 spiro atoms. The molecule has 5 rings (SSSR count). The number of fused-ring (bicyclic) bond motifs is 2. The number of thiazole rings is 1.